The Balaban J connectivity index is 2.00. The quantitative estimate of drug-likeness (QED) is 0.881. The van der Waals surface area contributed by atoms with Crippen molar-refractivity contribution in [1.29, 1.82) is 0 Å². The normalized spacial score (nSPS) is 12.3. The summed E-state index contributed by atoms with van der Waals surface area (Å²) in [6, 6.07) is 11.8. The van der Waals surface area contributed by atoms with E-state index in [1.807, 2.05) is 49.5 Å². The minimum absolute atomic E-state index is 0.359. The van der Waals surface area contributed by atoms with Gasteiger partial charge in [0.25, 0.3) is 0 Å². The number of hydrogen-bond donors (Lipinski definition) is 1. The first-order valence-electron chi connectivity index (χ1n) is 6.15. The largest absolute Gasteiger partial charge is 0.480 e. The molecule has 1 heterocycles. The monoisotopic (exact) mass is 276 g/mol. The van der Waals surface area contributed by atoms with Crippen LogP contribution in [0.2, 0.25) is 0 Å². The Morgan fingerprint density at radius 1 is 1.37 bits per heavy atom. The lowest BCUT2D eigenvalue weighted by Gasteiger charge is -2.07. The van der Waals surface area contributed by atoms with Crippen LogP contribution in [0.4, 0.5) is 0 Å². The molecule has 4 nitrogen and oxygen atoms in total. The number of carboxylic acids is 1. The Labute approximate surface area is 116 Å². The zero-order chi connectivity index (χ0) is 13.7. The Hall–Kier alpha value is -1.75. The molecule has 1 unspecified atom stereocenters. The summed E-state index contributed by atoms with van der Waals surface area (Å²) in [6.07, 6.45) is 2.52. The Morgan fingerprint density at radius 2 is 2.11 bits per heavy atom. The zero-order valence-electron chi connectivity index (χ0n) is 10.7. The van der Waals surface area contributed by atoms with Gasteiger partial charge in [-0.25, -0.2) is 4.68 Å². The number of aromatic nitrogens is 2. The fourth-order valence-electron chi connectivity index (χ4n) is 1.71. The number of hydrogen-bond acceptors (Lipinski definition) is 3. The van der Waals surface area contributed by atoms with Gasteiger partial charge < -0.3 is 5.11 Å². The summed E-state index contributed by atoms with van der Waals surface area (Å²) < 4.78 is 1.80. The van der Waals surface area contributed by atoms with E-state index in [-0.39, 0.29) is 5.25 Å². The van der Waals surface area contributed by atoms with Crippen LogP contribution in [0, 0.1) is 0 Å². The minimum Gasteiger partial charge on any atom is -0.480 e. The number of thioether (sulfide) groups is 1. The highest BCUT2D eigenvalue weighted by atomic mass is 32.2. The van der Waals surface area contributed by atoms with Gasteiger partial charge in [0.1, 0.15) is 5.25 Å². The highest BCUT2D eigenvalue weighted by molar-refractivity contribution is 7.99. The van der Waals surface area contributed by atoms with Crippen molar-refractivity contribution in [3.8, 4) is 5.69 Å². The van der Waals surface area contributed by atoms with Gasteiger partial charge in [0.2, 0.25) is 0 Å². The molecular weight excluding hydrogens is 260 g/mol. The maximum absolute atomic E-state index is 10.9. The molecule has 0 aliphatic heterocycles. The fourth-order valence-corrected chi connectivity index (χ4v) is 2.62. The van der Waals surface area contributed by atoms with Crippen LogP contribution in [0.25, 0.3) is 5.69 Å². The molecule has 1 aromatic carbocycles. The van der Waals surface area contributed by atoms with E-state index in [0.717, 1.165) is 11.4 Å². The summed E-state index contributed by atoms with van der Waals surface area (Å²) in [6.45, 7) is 1.88. The SMILES string of the molecule is CCC(SCc1ccn(-c2ccccc2)n1)C(=O)O. The van der Waals surface area contributed by atoms with E-state index in [9.17, 15) is 4.79 Å². The van der Waals surface area contributed by atoms with Crippen molar-refractivity contribution in [1.82, 2.24) is 9.78 Å². The molecule has 1 N–H and O–H groups in total. The molecule has 1 atom stereocenters. The number of benzene rings is 1. The second kappa shape index (κ2) is 6.43. The molecule has 1 aromatic heterocycles. The van der Waals surface area contributed by atoms with E-state index >= 15 is 0 Å². The van der Waals surface area contributed by atoms with Gasteiger partial charge in [-0.3, -0.25) is 4.79 Å². The van der Waals surface area contributed by atoms with E-state index in [4.69, 9.17) is 5.11 Å². The standard InChI is InChI=1S/C14H16N2O2S/c1-2-13(14(17)18)19-10-11-8-9-16(15-11)12-6-4-3-5-7-12/h3-9,13H,2,10H2,1H3,(H,17,18). The number of para-hydroxylation sites is 1. The van der Waals surface area contributed by atoms with E-state index in [0.29, 0.717) is 12.2 Å². The molecule has 0 bridgehead atoms. The van der Waals surface area contributed by atoms with E-state index < -0.39 is 5.97 Å². The van der Waals surface area contributed by atoms with E-state index in [1.54, 1.807) is 4.68 Å². The van der Waals surface area contributed by atoms with Gasteiger partial charge in [0.05, 0.1) is 11.4 Å². The number of aliphatic carboxylic acids is 1. The molecule has 2 rings (SSSR count). The van der Waals surface area contributed by atoms with Gasteiger partial charge >= 0.3 is 5.97 Å². The van der Waals surface area contributed by atoms with Crippen LogP contribution in [-0.4, -0.2) is 26.1 Å². The molecule has 0 radical (unpaired) electrons. The predicted octanol–water partition coefficient (Wildman–Crippen LogP) is 2.97. The highest BCUT2D eigenvalue weighted by Gasteiger charge is 2.15. The van der Waals surface area contributed by atoms with Crippen LogP contribution in [0.1, 0.15) is 19.0 Å². The third-order valence-electron chi connectivity index (χ3n) is 2.74. The van der Waals surface area contributed by atoms with Gasteiger partial charge in [-0.2, -0.15) is 5.10 Å². The lowest BCUT2D eigenvalue weighted by Crippen LogP contribution is -2.15. The minimum atomic E-state index is -0.755. The van der Waals surface area contributed by atoms with E-state index in [1.165, 1.54) is 11.8 Å². The van der Waals surface area contributed by atoms with Crippen molar-refractivity contribution in [3.05, 3.63) is 48.3 Å². The van der Waals surface area contributed by atoms with Crippen LogP contribution < -0.4 is 0 Å². The average Bonchev–Trinajstić information content (AvgIpc) is 2.89. The van der Waals surface area contributed by atoms with Gasteiger partial charge in [-0.05, 0) is 24.6 Å². The highest BCUT2D eigenvalue weighted by Crippen LogP contribution is 2.20. The first-order valence-corrected chi connectivity index (χ1v) is 7.20. The van der Waals surface area contributed by atoms with Crippen LogP contribution in [0.15, 0.2) is 42.6 Å². The summed E-state index contributed by atoms with van der Waals surface area (Å²) in [5.74, 6) is -0.139. The fraction of sp³-hybridized carbons (Fsp3) is 0.286. The number of carbonyl (C=O) groups is 1. The van der Waals surface area contributed by atoms with Crippen molar-refractivity contribution in [2.75, 3.05) is 0 Å². The van der Waals surface area contributed by atoms with Crippen LogP contribution in [-0.2, 0) is 10.5 Å². The van der Waals surface area contributed by atoms with Gasteiger partial charge in [-0.15, -0.1) is 11.8 Å². The summed E-state index contributed by atoms with van der Waals surface area (Å²) in [5, 5.41) is 13.1. The summed E-state index contributed by atoms with van der Waals surface area (Å²) in [5.41, 5.74) is 1.90. The molecule has 0 fully saturated rings. The summed E-state index contributed by atoms with van der Waals surface area (Å²) >= 11 is 1.42. The van der Waals surface area contributed by atoms with Crippen molar-refractivity contribution in [2.45, 2.75) is 24.3 Å². The molecule has 19 heavy (non-hydrogen) atoms. The van der Waals surface area contributed by atoms with Crippen molar-refractivity contribution >= 4 is 17.7 Å². The van der Waals surface area contributed by atoms with Gasteiger partial charge in [0.15, 0.2) is 0 Å². The van der Waals surface area contributed by atoms with Gasteiger partial charge in [-0.1, -0.05) is 25.1 Å². The van der Waals surface area contributed by atoms with Crippen LogP contribution >= 0.6 is 11.8 Å². The zero-order valence-corrected chi connectivity index (χ0v) is 11.5. The first-order chi connectivity index (χ1) is 9.20. The first kappa shape index (κ1) is 13.7. The molecule has 0 aliphatic carbocycles. The third kappa shape index (κ3) is 3.61. The number of rotatable bonds is 6. The second-order valence-corrected chi connectivity index (χ2v) is 5.32. The topological polar surface area (TPSA) is 55.1 Å². The average molecular weight is 276 g/mol. The van der Waals surface area contributed by atoms with Crippen molar-refractivity contribution < 1.29 is 9.90 Å². The predicted molar refractivity (Wildman–Crippen MR) is 76.6 cm³/mol. The molecule has 0 aliphatic rings. The lowest BCUT2D eigenvalue weighted by atomic mass is 10.3. The molecule has 5 heteroatoms. The molecule has 0 amide bonds. The smallest absolute Gasteiger partial charge is 0.316 e. The van der Waals surface area contributed by atoms with Crippen molar-refractivity contribution in [3.63, 3.8) is 0 Å². The Morgan fingerprint density at radius 3 is 2.74 bits per heavy atom. The number of carboxylic acid groups (broad SMARTS) is 1. The van der Waals surface area contributed by atoms with Crippen LogP contribution in [0.5, 0.6) is 0 Å². The van der Waals surface area contributed by atoms with Crippen LogP contribution in [0.3, 0.4) is 0 Å². The second-order valence-electron chi connectivity index (χ2n) is 4.13. The molecule has 0 spiro atoms. The molecule has 2 aromatic rings. The molecule has 100 valence electrons. The maximum atomic E-state index is 10.9. The summed E-state index contributed by atoms with van der Waals surface area (Å²) in [4.78, 5) is 10.9. The lowest BCUT2D eigenvalue weighted by molar-refractivity contribution is -0.136. The molecule has 0 saturated heterocycles. The maximum Gasteiger partial charge on any atom is 0.316 e. The Kier molecular flexibility index (Phi) is 4.63. The van der Waals surface area contributed by atoms with E-state index in [2.05, 4.69) is 5.10 Å². The molecular formula is C14H16N2O2S. The molecule has 0 saturated carbocycles. The Bertz CT molecular complexity index is 539. The number of nitrogens with zero attached hydrogens (tertiary/aromatic N) is 2. The van der Waals surface area contributed by atoms with Crippen molar-refractivity contribution in [2.24, 2.45) is 0 Å². The van der Waals surface area contributed by atoms with Gasteiger partial charge in [0, 0.05) is 11.9 Å². The third-order valence-corrected chi connectivity index (χ3v) is 4.14. The summed E-state index contributed by atoms with van der Waals surface area (Å²) in [7, 11) is 0.